The molecule has 1 aromatic carbocycles. The largest absolute Gasteiger partial charge is 0.362 e. The summed E-state index contributed by atoms with van der Waals surface area (Å²) in [6, 6.07) is 8.70. The number of nitrogens with zero attached hydrogens (tertiary/aromatic N) is 1. The molecule has 0 aromatic heterocycles. The molecular weight excluding hydrogens is 246 g/mol. The van der Waals surface area contributed by atoms with Gasteiger partial charge in [-0.15, -0.1) is 0 Å². The summed E-state index contributed by atoms with van der Waals surface area (Å²) < 4.78 is 0. The molecule has 1 aliphatic carbocycles. The maximum Gasteiger partial charge on any atom is 0.362 e. The first kappa shape index (κ1) is 13.2. The smallest absolute Gasteiger partial charge is 0.324 e. The lowest BCUT2D eigenvalue weighted by Crippen LogP contribution is -2.37. The molecule has 1 aromatic rings. The summed E-state index contributed by atoms with van der Waals surface area (Å²) >= 11 is 0. The Morgan fingerprint density at radius 2 is 2.00 bits per heavy atom. The Hall–Kier alpha value is -2.27. The summed E-state index contributed by atoms with van der Waals surface area (Å²) in [6.45, 7) is 1.60. The molecule has 2 rings (SSSR count). The van der Waals surface area contributed by atoms with Crippen LogP contribution in [0.2, 0.25) is 0 Å². The Labute approximate surface area is 110 Å². The van der Waals surface area contributed by atoms with Crippen molar-refractivity contribution in [1.29, 1.82) is 0 Å². The highest BCUT2D eigenvalue weighted by Gasteiger charge is 2.39. The van der Waals surface area contributed by atoms with Crippen LogP contribution < -0.4 is 0 Å². The highest BCUT2D eigenvalue weighted by Crippen LogP contribution is 2.27. The van der Waals surface area contributed by atoms with E-state index in [1.165, 1.54) is 6.08 Å². The molecule has 0 heterocycles. The van der Waals surface area contributed by atoms with Crippen LogP contribution in [0.3, 0.4) is 0 Å². The summed E-state index contributed by atoms with van der Waals surface area (Å²) in [7, 11) is 0. The number of carbonyl (C=O) groups excluding carboxylic acids is 1. The van der Waals surface area contributed by atoms with Gasteiger partial charge in [0.05, 0.1) is 10.8 Å². The molecular formula is C14H13NO4. The zero-order chi connectivity index (χ0) is 14.0. The van der Waals surface area contributed by atoms with Crippen molar-refractivity contribution in [2.24, 2.45) is 5.92 Å². The lowest BCUT2D eigenvalue weighted by molar-refractivity contribution is -0.591. The predicted molar refractivity (Wildman–Crippen MR) is 69.1 cm³/mol. The van der Waals surface area contributed by atoms with E-state index < -0.39 is 16.6 Å². The SMILES string of the molecule is CC1=CC(O)([N+](=O)[O-])C=CC1C(=O)c1ccccc1. The van der Waals surface area contributed by atoms with Gasteiger partial charge < -0.3 is 5.11 Å². The van der Waals surface area contributed by atoms with E-state index in [9.17, 15) is 20.0 Å². The third kappa shape index (κ3) is 2.46. The van der Waals surface area contributed by atoms with Crippen LogP contribution in [0.25, 0.3) is 0 Å². The number of benzene rings is 1. The van der Waals surface area contributed by atoms with Crippen LogP contribution in [0.1, 0.15) is 17.3 Å². The van der Waals surface area contributed by atoms with Crippen molar-refractivity contribution in [3.05, 3.63) is 69.8 Å². The maximum atomic E-state index is 12.2. The van der Waals surface area contributed by atoms with Crippen molar-refractivity contribution in [2.75, 3.05) is 0 Å². The van der Waals surface area contributed by atoms with E-state index in [0.717, 1.165) is 12.2 Å². The molecule has 5 heteroatoms. The van der Waals surface area contributed by atoms with E-state index in [1.807, 2.05) is 6.07 Å². The van der Waals surface area contributed by atoms with Crippen LogP contribution in [-0.4, -0.2) is 21.5 Å². The van der Waals surface area contributed by atoms with E-state index in [2.05, 4.69) is 0 Å². The van der Waals surface area contributed by atoms with E-state index in [0.29, 0.717) is 11.1 Å². The molecule has 0 fully saturated rings. The third-order valence-electron chi connectivity index (χ3n) is 3.10. The van der Waals surface area contributed by atoms with Gasteiger partial charge in [0.1, 0.15) is 0 Å². The topological polar surface area (TPSA) is 80.4 Å². The van der Waals surface area contributed by atoms with Crippen molar-refractivity contribution < 1.29 is 14.8 Å². The number of aliphatic hydroxyl groups is 1. The van der Waals surface area contributed by atoms with Gasteiger partial charge in [-0.05, 0) is 6.92 Å². The molecule has 0 saturated carbocycles. The monoisotopic (exact) mass is 259 g/mol. The third-order valence-corrected chi connectivity index (χ3v) is 3.10. The number of ketones is 1. The molecule has 2 atom stereocenters. The van der Waals surface area contributed by atoms with Gasteiger partial charge in [0.25, 0.3) is 0 Å². The highest BCUT2D eigenvalue weighted by atomic mass is 16.7. The van der Waals surface area contributed by atoms with Gasteiger partial charge in [0, 0.05) is 17.7 Å². The lowest BCUT2D eigenvalue weighted by atomic mass is 9.85. The van der Waals surface area contributed by atoms with Gasteiger partial charge in [-0.3, -0.25) is 14.9 Å². The van der Waals surface area contributed by atoms with Gasteiger partial charge in [0.15, 0.2) is 5.78 Å². The zero-order valence-corrected chi connectivity index (χ0v) is 10.3. The summed E-state index contributed by atoms with van der Waals surface area (Å²) in [6.07, 6.45) is 3.54. The quantitative estimate of drug-likeness (QED) is 0.296. The summed E-state index contributed by atoms with van der Waals surface area (Å²) in [5.74, 6) is -0.710. The average molecular weight is 259 g/mol. The normalized spacial score (nSPS) is 25.8. The molecule has 0 saturated heterocycles. The fraction of sp³-hybridized carbons (Fsp3) is 0.214. The van der Waals surface area contributed by atoms with E-state index in [1.54, 1.807) is 31.2 Å². The molecule has 1 aliphatic rings. The van der Waals surface area contributed by atoms with Gasteiger partial charge in [0.2, 0.25) is 0 Å². The number of hydrogen-bond acceptors (Lipinski definition) is 4. The molecule has 0 aliphatic heterocycles. The van der Waals surface area contributed by atoms with Crippen molar-refractivity contribution in [3.63, 3.8) is 0 Å². The summed E-state index contributed by atoms with van der Waals surface area (Å²) in [4.78, 5) is 22.2. The van der Waals surface area contributed by atoms with E-state index >= 15 is 0 Å². The minimum absolute atomic E-state index is 0.143. The molecule has 2 unspecified atom stereocenters. The molecule has 0 amide bonds. The Bertz CT molecular complexity index is 576. The maximum absolute atomic E-state index is 12.2. The standard InChI is InChI=1S/C14H13NO4/c1-10-9-14(17,15(18)19)8-7-12(10)13(16)11-5-3-2-4-6-11/h2-9,12,17H,1H3. The molecule has 0 radical (unpaired) electrons. The molecule has 98 valence electrons. The van der Waals surface area contributed by atoms with Crippen LogP contribution in [-0.2, 0) is 0 Å². The van der Waals surface area contributed by atoms with Crippen LogP contribution >= 0.6 is 0 Å². The van der Waals surface area contributed by atoms with Crippen molar-refractivity contribution in [3.8, 4) is 0 Å². The Kier molecular flexibility index (Phi) is 3.31. The second kappa shape index (κ2) is 4.78. The molecule has 5 nitrogen and oxygen atoms in total. The minimum Gasteiger partial charge on any atom is -0.324 e. The second-order valence-electron chi connectivity index (χ2n) is 4.50. The van der Waals surface area contributed by atoms with Crippen LogP contribution in [0.4, 0.5) is 0 Å². The Balaban J connectivity index is 2.29. The van der Waals surface area contributed by atoms with E-state index in [-0.39, 0.29) is 5.78 Å². The number of nitro groups is 1. The fourth-order valence-corrected chi connectivity index (χ4v) is 2.05. The average Bonchev–Trinajstić information content (AvgIpc) is 2.39. The number of carbonyl (C=O) groups is 1. The summed E-state index contributed by atoms with van der Waals surface area (Å²) in [5.41, 5.74) is -1.20. The predicted octanol–water partition coefficient (Wildman–Crippen LogP) is 1.97. The van der Waals surface area contributed by atoms with E-state index in [4.69, 9.17) is 0 Å². The number of allylic oxidation sites excluding steroid dienone is 2. The summed E-state index contributed by atoms with van der Waals surface area (Å²) in [5, 5.41) is 20.5. The first-order chi connectivity index (χ1) is 8.94. The fourth-order valence-electron chi connectivity index (χ4n) is 2.05. The number of Topliss-reactive ketones (excluding diaryl/α,β-unsaturated/α-hetero) is 1. The Morgan fingerprint density at radius 1 is 1.37 bits per heavy atom. The van der Waals surface area contributed by atoms with Gasteiger partial charge in [-0.2, -0.15) is 0 Å². The first-order valence-electron chi connectivity index (χ1n) is 5.79. The van der Waals surface area contributed by atoms with Gasteiger partial charge in [-0.25, -0.2) is 0 Å². The number of hydrogen-bond donors (Lipinski definition) is 1. The van der Waals surface area contributed by atoms with Crippen molar-refractivity contribution in [1.82, 2.24) is 0 Å². The van der Waals surface area contributed by atoms with Crippen LogP contribution in [0.5, 0.6) is 0 Å². The highest BCUT2D eigenvalue weighted by molar-refractivity contribution is 6.00. The Morgan fingerprint density at radius 3 is 2.53 bits per heavy atom. The van der Waals surface area contributed by atoms with Crippen molar-refractivity contribution in [2.45, 2.75) is 12.6 Å². The second-order valence-corrected chi connectivity index (χ2v) is 4.50. The van der Waals surface area contributed by atoms with Gasteiger partial charge >= 0.3 is 5.72 Å². The molecule has 0 spiro atoms. The minimum atomic E-state index is -2.21. The molecule has 1 N–H and O–H groups in total. The lowest BCUT2D eigenvalue weighted by Gasteiger charge is -2.21. The van der Waals surface area contributed by atoms with Crippen molar-refractivity contribution >= 4 is 5.78 Å². The van der Waals surface area contributed by atoms with Crippen LogP contribution in [0.15, 0.2) is 54.1 Å². The zero-order valence-electron chi connectivity index (χ0n) is 10.3. The first-order valence-corrected chi connectivity index (χ1v) is 5.79. The van der Waals surface area contributed by atoms with Gasteiger partial charge in [-0.1, -0.05) is 42.0 Å². The van der Waals surface area contributed by atoms with Crippen LogP contribution in [0, 0.1) is 16.0 Å². The molecule has 19 heavy (non-hydrogen) atoms. The molecule has 0 bridgehead atoms. The number of rotatable bonds is 3.